The van der Waals surface area contributed by atoms with E-state index in [4.69, 9.17) is 28.2 Å². The Labute approximate surface area is 164 Å². The number of benzene rings is 2. The van der Waals surface area contributed by atoms with Crippen molar-refractivity contribution in [2.24, 2.45) is 0 Å². The van der Waals surface area contributed by atoms with Gasteiger partial charge in [-0.3, -0.25) is 0 Å². The number of alkyl halides is 1. The number of pyridine rings is 1. The number of hydrogen-bond acceptors (Lipinski definition) is 4. The smallest absolute Gasteiger partial charge is 0.194 e. The molecule has 0 radical (unpaired) electrons. The fourth-order valence-corrected chi connectivity index (χ4v) is 4.54. The molecule has 1 aliphatic rings. The molecule has 26 heavy (non-hydrogen) atoms. The molecule has 0 bridgehead atoms. The first-order valence-electron chi connectivity index (χ1n) is 8.04. The molecule has 5 rings (SSSR count). The van der Waals surface area contributed by atoms with Crippen LogP contribution in [0.15, 0.2) is 58.7 Å². The Kier molecular flexibility index (Phi) is 3.71. The summed E-state index contributed by atoms with van der Waals surface area (Å²) < 4.78 is 1.75. The van der Waals surface area contributed by atoms with Crippen LogP contribution in [0.2, 0.25) is 5.02 Å². The average molecular weight is 399 g/mol. The molecule has 4 aromatic rings. The third-order valence-electron chi connectivity index (χ3n) is 4.32. The highest BCUT2D eigenvalue weighted by Crippen LogP contribution is 2.43. The van der Waals surface area contributed by atoms with E-state index in [1.807, 2.05) is 30.3 Å². The second-order valence-corrected chi connectivity index (χ2v) is 7.99. The van der Waals surface area contributed by atoms with Gasteiger partial charge in [-0.25, -0.2) is 14.6 Å². The van der Waals surface area contributed by atoms with Crippen LogP contribution in [0.25, 0.3) is 22.3 Å². The van der Waals surface area contributed by atoms with Gasteiger partial charge in [-0.1, -0.05) is 34.8 Å². The van der Waals surface area contributed by atoms with Gasteiger partial charge in [-0.2, -0.15) is 0 Å². The number of halogens is 2. The van der Waals surface area contributed by atoms with Crippen molar-refractivity contribution in [1.29, 1.82) is 0 Å². The van der Waals surface area contributed by atoms with Gasteiger partial charge in [0.1, 0.15) is 5.03 Å². The zero-order chi connectivity index (χ0) is 17.8. The maximum Gasteiger partial charge on any atom is 0.194 e. The first kappa shape index (κ1) is 16.1. The zero-order valence-electron chi connectivity index (χ0n) is 13.6. The number of fused-ring (bicyclic) bond motifs is 3. The summed E-state index contributed by atoms with van der Waals surface area (Å²) >= 11 is 14.2. The molecule has 0 unspecified atom stereocenters. The summed E-state index contributed by atoms with van der Waals surface area (Å²) in [5.74, 6) is 0.628. The molecule has 0 fully saturated rings. The molecule has 4 nitrogen and oxygen atoms in total. The molecule has 2 aromatic heterocycles. The van der Waals surface area contributed by atoms with Crippen molar-refractivity contribution in [3.05, 3.63) is 64.7 Å². The highest BCUT2D eigenvalue weighted by atomic mass is 35.5. The number of hydrogen-bond donors (Lipinski definition) is 0. The van der Waals surface area contributed by atoms with Crippen LogP contribution in [0, 0.1) is 6.92 Å². The molecule has 2 aromatic carbocycles. The van der Waals surface area contributed by atoms with E-state index in [0.717, 1.165) is 32.2 Å². The molecule has 0 spiro atoms. The summed E-state index contributed by atoms with van der Waals surface area (Å²) in [6.07, 6.45) is 0. The van der Waals surface area contributed by atoms with Crippen molar-refractivity contribution >= 4 is 45.9 Å². The highest BCUT2D eigenvalue weighted by Gasteiger charge is 2.29. The minimum atomic E-state index is -0.438. The summed E-state index contributed by atoms with van der Waals surface area (Å²) in [5, 5.41) is 7.99. The van der Waals surface area contributed by atoms with Gasteiger partial charge < -0.3 is 0 Å². The number of nitrogens with zero attached hydrogens (tertiary/aromatic N) is 4. The van der Waals surface area contributed by atoms with Crippen LogP contribution in [-0.4, -0.2) is 19.7 Å². The highest BCUT2D eigenvalue weighted by molar-refractivity contribution is 7.99. The molecule has 1 aliphatic heterocycles. The largest absolute Gasteiger partial charge is 0.241 e. The number of rotatable bonds is 1. The van der Waals surface area contributed by atoms with Crippen molar-refractivity contribution in [2.45, 2.75) is 22.6 Å². The quantitative estimate of drug-likeness (QED) is 0.385. The van der Waals surface area contributed by atoms with E-state index in [9.17, 15) is 0 Å². The predicted octanol–water partition coefficient (Wildman–Crippen LogP) is 5.71. The molecule has 128 valence electrons. The molecule has 1 atom stereocenters. The van der Waals surface area contributed by atoms with E-state index < -0.39 is 5.50 Å². The van der Waals surface area contributed by atoms with Crippen molar-refractivity contribution in [1.82, 2.24) is 19.7 Å². The lowest BCUT2D eigenvalue weighted by atomic mass is 10.1. The molecule has 3 heterocycles. The van der Waals surface area contributed by atoms with Gasteiger partial charge in [-0.05, 0) is 61.2 Å². The Hall–Kier alpha value is -2.08. The summed E-state index contributed by atoms with van der Waals surface area (Å²) in [7, 11) is 0. The van der Waals surface area contributed by atoms with Gasteiger partial charge in [0.25, 0.3) is 0 Å². The maximum atomic E-state index is 6.73. The zero-order valence-corrected chi connectivity index (χ0v) is 16.0. The molecular weight excluding hydrogens is 387 g/mol. The Bertz CT molecular complexity index is 1150. The van der Waals surface area contributed by atoms with Gasteiger partial charge in [0, 0.05) is 21.5 Å². The molecule has 0 amide bonds. The second-order valence-electron chi connectivity index (χ2n) is 6.19. The maximum absolute atomic E-state index is 6.73. The SMILES string of the molecule is Cc1ccc2nc3c(cc2c1)[C@H](Cl)n1nc(-c2ccc(Cl)cc2)nc1S3. The van der Waals surface area contributed by atoms with Gasteiger partial charge in [0.15, 0.2) is 16.5 Å². The van der Waals surface area contributed by atoms with E-state index in [1.165, 1.54) is 17.3 Å². The van der Waals surface area contributed by atoms with Crippen LogP contribution in [-0.2, 0) is 0 Å². The van der Waals surface area contributed by atoms with Crippen molar-refractivity contribution in [3.8, 4) is 11.4 Å². The third-order valence-corrected chi connectivity index (χ3v) is 5.98. The average Bonchev–Trinajstić information content (AvgIpc) is 3.06. The summed E-state index contributed by atoms with van der Waals surface area (Å²) in [5.41, 5.74) is 3.57. The normalized spacial score (nSPS) is 15.7. The van der Waals surface area contributed by atoms with Gasteiger partial charge in [0.05, 0.1) is 5.52 Å². The standard InChI is InChI=1S/C19H12Cl2N4S/c1-10-2-7-15-12(8-10)9-14-16(21)25-19(26-18(14)22-15)23-17(24-25)11-3-5-13(20)6-4-11/h2-9,16H,1H3/t16-/m1/s1. The Morgan fingerprint density at radius 2 is 1.85 bits per heavy atom. The topological polar surface area (TPSA) is 43.6 Å². The summed E-state index contributed by atoms with van der Waals surface area (Å²) in [6.45, 7) is 2.07. The number of aryl methyl sites for hydroxylation is 1. The lowest BCUT2D eigenvalue weighted by molar-refractivity contribution is 0.578. The van der Waals surface area contributed by atoms with Crippen LogP contribution in [0.4, 0.5) is 0 Å². The number of aromatic nitrogens is 4. The summed E-state index contributed by atoms with van der Waals surface area (Å²) in [6, 6.07) is 15.8. The van der Waals surface area contributed by atoms with Gasteiger partial charge in [0.2, 0.25) is 0 Å². The lowest BCUT2D eigenvalue weighted by Gasteiger charge is -2.20. The van der Waals surface area contributed by atoms with Crippen LogP contribution in [0.5, 0.6) is 0 Å². The Balaban J connectivity index is 1.62. The first-order chi connectivity index (χ1) is 12.6. The van der Waals surface area contributed by atoms with Gasteiger partial charge in [-0.15, -0.1) is 5.10 Å². The molecule has 7 heteroatoms. The fraction of sp³-hybridized carbons (Fsp3) is 0.105. The second kappa shape index (κ2) is 5.98. The van der Waals surface area contributed by atoms with Crippen LogP contribution >= 0.6 is 35.0 Å². The van der Waals surface area contributed by atoms with E-state index in [1.54, 1.807) is 4.68 Å². The molecule has 0 saturated carbocycles. The van der Waals surface area contributed by atoms with Crippen LogP contribution in [0.1, 0.15) is 16.6 Å². The monoisotopic (exact) mass is 398 g/mol. The Morgan fingerprint density at radius 1 is 1.04 bits per heavy atom. The van der Waals surface area contributed by atoms with Crippen LogP contribution < -0.4 is 0 Å². The lowest BCUT2D eigenvalue weighted by Crippen LogP contribution is -2.14. The van der Waals surface area contributed by atoms with E-state index in [0.29, 0.717) is 10.8 Å². The third kappa shape index (κ3) is 2.58. The van der Waals surface area contributed by atoms with E-state index >= 15 is 0 Å². The molecule has 0 N–H and O–H groups in total. The summed E-state index contributed by atoms with van der Waals surface area (Å²) in [4.78, 5) is 9.42. The van der Waals surface area contributed by atoms with Crippen molar-refractivity contribution < 1.29 is 0 Å². The van der Waals surface area contributed by atoms with Crippen LogP contribution in [0.3, 0.4) is 0 Å². The first-order valence-corrected chi connectivity index (χ1v) is 9.67. The van der Waals surface area contributed by atoms with Gasteiger partial charge >= 0.3 is 0 Å². The predicted molar refractivity (Wildman–Crippen MR) is 105 cm³/mol. The minimum Gasteiger partial charge on any atom is -0.241 e. The van der Waals surface area contributed by atoms with Crippen molar-refractivity contribution in [3.63, 3.8) is 0 Å². The van der Waals surface area contributed by atoms with Crippen molar-refractivity contribution in [2.75, 3.05) is 0 Å². The van der Waals surface area contributed by atoms with E-state index in [-0.39, 0.29) is 0 Å². The Morgan fingerprint density at radius 3 is 2.65 bits per heavy atom. The molecule has 0 aliphatic carbocycles. The minimum absolute atomic E-state index is 0.438. The molecular formula is C19H12Cl2N4S. The van der Waals surface area contributed by atoms with E-state index in [2.05, 4.69) is 35.2 Å². The molecule has 0 saturated heterocycles. The fourth-order valence-electron chi connectivity index (χ4n) is 3.01.